The molecule has 2 heteroatoms. The Bertz CT molecular complexity index is 404. The van der Waals surface area contributed by atoms with Gasteiger partial charge in [0.1, 0.15) is 5.75 Å². The quantitative estimate of drug-likeness (QED) is 0.839. The molecular formula is C18H29NO. The largest absolute Gasteiger partial charge is 0.497 e. The first-order valence-electron chi connectivity index (χ1n) is 8.07. The van der Waals surface area contributed by atoms with Crippen molar-refractivity contribution in [1.82, 2.24) is 5.32 Å². The number of ether oxygens (including phenoxy) is 1. The van der Waals surface area contributed by atoms with Crippen molar-refractivity contribution in [2.75, 3.05) is 20.7 Å². The molecule has 1 fully saturated rings. The third-order valence-corrected chi connectivity index (χ3v) is 4.79. The average Bonchev–Trinajstić information content (AvgIpc) is 2.49. The van der Waals surface area contributed by atoms with Crippen molar-refractivity contribution in [2.24, 2.45) is 11.8 Å². The first-order chi connectivity index (χ1) is 9.78. The van der Waals surface area contributed by atoms with Crippen LogP contribution in [-0.2, 0) is 0 Å². The highest BCUT2D eigenvalue weighted by atomic mass is 16.5. The second-order valence-electron chi connectivity index (χ2n) is 6.17. The van der Waals surface area contributed by atoms with Gasteiger partial charge in [-0.3, -0.25) is 0 Å². The summed E-state index contributed by atoms with van der Waals surface area (Å²) in [6.45, 7) is 3.43. The Morgan fingerprint density at radius 2 is 2.15 bits per heavy atom. The maximum absolute atomic E-state index is 5.40. The van der Waals surface area contributed by atoms with Crippen molar-refractivity contribution in [3.63, 3.8) is 0 Å². The van der Waals surface area contributed by atoms with Gasteiger partial charge >= 0.3 is 0 Å². The third-order valence-electron chi connectivity index (χ3n) is 4.79. The fourth-order valence-electron chi connectivity index (χ4n) is 3.78. The highest BCUT2D eigenvalue weighted by Gasteiger charge is 2.30. The number of nitrogens with one attached hydrogen (secondary N) is 1. The van der Waals surface area contributed by atoms with E-state index in [4.69, 9.17) is 4.74 Å². The summed E-state index contributed by atoms with van der Waals surface area (Å²) in [5.41, 5.74) is 1.46. The molecule has 1 saturated carbocycles. The number of rotatable bonds is 6. The average molecular weight is 275 g/mol. The van der Waals surface area contributed by atoms with E-state index >= 15 is 0 Å². The summed E-state index contributed by atoms with van der Waals surface area (Å²) >= 11 is 0. The van der Waals surface area contributed by atoms with Gasteiger partial charge in [-0.25, -0.2) is 0 Å². The lowest BCUT2D eigenvalue weighted by atomic mass is 9.70. The van der Waals surface area contributed by atoms with Gasteiger partial charge in [0.05, 0.1) is 7.11 Å². The monoisotopic (exact) mass is 275 g/mol. The molecule has 0 spiro atoms. The topological polar surface area (TPSA) is 21.3 Å². The van der Waals surface area contributed by atoms with Gasteiger partial charge in [0.25, 0.3) is 0 Å². The molecule has 3 unspecified atom stereocenters. The van der Waals surface area contributed by atoms with Crippen LogP contribution in [0.5, 0.6) is 5.75 Å². The molecule has 1 aliphatic rings. The highest BCUT2D eigenvalue weighted by molar-refractivity contribution is 5.31. The Kier molecular flexibility index (Phi) is 5.90. The molecule has 0 aromatic heterocycles. The molecule has 112 valence electrons. The van der Waals surface area contributed by atoms with Crippen molar-refractivity contribution in [3.05, 3.63) is 29.8 Å². The van der Waals surface area contributed by atoms with E-state index < -0.39 is 0 Å². The van der Waals surface area contributed by atoms with Gasteiger partial charge in [0.15, 0.2) is 0 Å². The molecule has 20 heavy (non-hydrogen) atoms. The summed E-state index contributed by atoms with van der Waals surface area (Å²) < 4.78 is 5.40. The molecule has 1 aliphatic carbocycles. The van der Waals surface area contributed by atoms with Crippen LogP contribution in [0.25, 0.3) is 0 Å². The number of methoxy groups -OCH3 is 1. The van der Waals surface area contributed by atoms with E-state index in [0.29, 0.717) is 5.92 Å². The zero-order valence-electron chi connectivity index (χ0n) is 13.2. The summed E-state index contributed by atoms with van der Waals surface area (Å²) in [5.74, 6) is 3.34. The van der Waals surface area contributed by atoms with Gasteiger partial charge in [0, 0.05) is 0 Å². The highest BCUT2D eigenvalue weighted by Crippen LogP contribution is 2.42. The van der Waals surface area contributed by atoms with Gasteiger partial charge in [0.2, 0.25) is 0 Å². The lowest BCUT2D eigenvalue weighted by Gasteiger charge is -2.36. The Balaban J connectivity index is 2.16. The Morgan fingerprint density at radius 3 is 2.85 bits per heavy atom. The first-order valence-corrected chi connectivity index (χ1v) is 8.07. The van der Waals surface area contributed by atoms with E-state index in [2.05, 4.69) is 37.5 Å². The summed E-state index contributed by atoms with van der Waals surface area (Å²) in [7, 11) is 3.83. The van der Waals surface area contributed by atoms with E-state index in [1.165, 1.54) is 37.7 Å². The van der Waals surface area contributed by atoms with Crippen molar-refractivity contribution in [1.29, 1.82) is 0 Å². The Hall–Kier alpha value is -1.02. The minimum Gasteiger partial charge on any atom is -0.497 e. The first kappa shape index (κ1) is 15.4. The zero-order valence-corrected chi connectivity index (χ0v) is 13.2. The van der Waals surface area contributed by atoms with Crippen molar-refractivity contribution in [2.45, 2.75) is 44.9 Å². The summed E-state index contributed by atoms with van der Waals surface area (Å²) in [4.78, 5) is 0. The van der Waals surface area contributed by atoms with Crippen LogP contribution < -0.4 is 10.1 Å². The minimum atomic E-state index is 0.683. The molecule has 0 bridgehead atoms. The second kappa shape index (κ2) is 7.68. The van der Waals surface area contributed by atoms with Gasteiger partial charge in [-0.1, -0.05) is 38.3 Å². The number of hydrogen-bond acceptors (Lipinski definition) is 2. The normalized spacial score (nSPS) is 26.4. The molecule has 0 amide bonds. The standard InChI is InChI=1S/C18H29NO/c1-4-6-14-9-10-16(13-19-2)18(11-14)15-7-5-8-17(12-15)20-3/h5,7-8,12,14,16,18-19H,4,6,9-11,13H2,1-3H3. The molecule has 2 rings (SSSR count). The van der Waals surface area contributed by atoms with Crippen LogP contribution in [0, 0.1) is 11.8 Å². The SMILES string of the molecule is CCCC1CCC(CNC)C(c2cccc(OC)c2)C1. The number of hydrogen-bond donors (Lipinski definition) is 1. The van der Waals surface area contributed by atoms with Crippen molar-refractivity contribution < 1.29 is 4.74 Å². The molecular weight excluding hydrogens is 246 g/mol. The van der Waals surface area contributed by atoms with Gasteiger partial charge in [-0.15, -0.1) is 0 Å². The minimum absolute atomic E-state index is 0.683. The van der Waals surface area contributed by atoms with Gasteiger partial charge in [-0.2, -0.15) is 0 Å². The molecule has 1 aromatic rings. The van der Waals surface area contributed by atoms with E-state index in [9.17, 15) is 0 Å². The fraction of sp³-hybridized carbons (Fsp3) is 0.667. The maximum atomic E-state index is 5.40. The molecule has 0 heterocycles. The third kappa shape index (κ3) is 3.76. The fourth-order valence-corrected chi connectivity index (χ4v) is 3.78. The van der Waals surface area contributed by atoms with Crippen LogP contribution in [0.4, 0.5) is 0 Å². The van der Waals surface area contributed by atoms with Crippen LogP contribution in [0.3, 0.4) is 0 Å². The van der Waals surface area contributed by atoms with Crippen LogP contribution >= 0.6 is 0 Å². The van der Waals surface area contributed by atoms with Gasteiger partial charge < -0.3 is 10.1 Å². The molecule has 2 nitrogen and oxygen atoms in total. The van der Waals surface area contributed by atoms with Crippen molar-refractivity contribution >= 4 is 0 Å². The van der Waals surface area contributed by atoms with Crippen LogP contribution in [0.15, 0.2) is 24.3 Å². The zero-order chi connectivity index (χ0) is 14.4. The molecule has 0 saturated heterocycles. The summed E-state index contributed by atoms with van der Waals surface area (Å²) in [5, 5.41) is 3.38. The maximum Gasteiger partial charge on any atom is 0.119 e. The number of benzene rings is 1. The van der Waals surface area contributed by atoms with Crippen LogP contribution in [0.2, 0.25) is 0 Å². The molecule has 1 aromatic carbocycles. The van der Waals surface area contributed by atoms with Gasteiger partial charge in [-0.05, 0) is 61.9 Å². The predicted octanol–water partition coefficient (Wildman–Crippen LogP) is 4.21. The molecule has 0 aliphatic heterocycles. The van der Waals surface area contributed by atoms with E-state index in [1.807, 2.05) is 6.07 Å². The second-order valence-corrected chi connectivity index (χ2v) is 6.17. The van der Waals surface area contributed by atoms with E-state index in [-0.39, 0.29) is 0 Å². The Morgan fingerprint density at radius 1 is 1.30 bits per heavy atom. The van der Waals surface area contributed by atoms with E-state index in [0.717, 1.165) is 24.1 Å². The summed E-state index contributed by atoms with van der Waals surface area (Å²) in [6, 6.07) is 8.70. The van der Waals surface area contributed by atoms with E-state index in [1.54, 1.807) is 7.11 Å². The van der Waals surface area contributed by atoms with Crippen LogP contribution in [0.1, 0.15) is 50.5 Å². The predicted molar refractivity (Wildman–Crippen MR) is 85.4 cm³/mol. The lowest BCUT2D eigenvalue weighted by Crippen LogP contribution is -2.30. The summed E-state index contributed by atoms with van der Waals surface area (Å²) in [6.07, 6.45) is 6.79. The smallest absolute Gasteiger partial charge is 0.119 e. The lowest BCUT2D eigenvalue weighted by molar-refractivity contribution is 0.222. The molecule has 0 radical (unpaired) electrons. The molecule has 3 atom stereocenters. The Labute approximate surface area is 123 Å². The van der Waals surface area contributed by atoms with Crippen molar-refractivity contribution in [3.8, 4) is 5.75 Å². The van der Waals surface area contributed by atoms with Crippen LogP contribution in [-0.4, -0.2) is 20.7 Å². The molecule has 1 N–H and O–H groups in total.